The number of rotatable bonds is 5. The van der Waals surface area contributed by atoms with Crippen LogP contribution in [-0.2, 0) is 0 Å². The Bertz CT molecular complexity index is 300. The van der Waals surface area contributed by atoms with Crippen molar-refractivity contribution in [1.29, 1.82) is 0 Å². The first kappa shape index (κ1) is 20.0. The highest BCUT2D eigenvalue weighted by Crippen LogP contribution is 2.28. The monoisotopic (exact) mass is 396 g/mol. The predicted octanol–water partition coefficient (Wildman–Crippen LogP) is 2.64. The van der Waals surface area contributed by atoms with Crippen LogP contribution in [0.4, 0.5) is 0 Å². The van der Waals surface area contributed by atoms with Gasteiger partial charge in [-0.2, -0.15) is 0 Å². The van der Waals surface area contributed by atoms with Gasteiger partial charge in [-0.1, -0.05) is 27.7 Å². The van der Waals surface area contributed by atoms with E-state index in [-0.39, 0.29) is 24.0 Å². The van der Waals surface area contributed by atoms with Crippen LogP contribution in [0.15, 0.2) is 4.99 Å². The topological polar surface area (TPSA) is 30.9 Å². The van der Waals surface area contributed by atoms with Gasteiger partial charge in [0, 0.05) is 32.7 Å². The summed E-state index contributed by atoms with van der Waals surface area (Å²) in [6, 6.07) is 0.544. The molecule has 1 rings (SSSR count). The molecule has 5 heteroatoms. The van der Waals surface area contributed by atoms with E-state index in [0.717, 1.165) is 38.7 Å². The van der Waals surface area contributed by atoms with E-state index in [1.807, 2.05) is 7.05 Å². The number of likely N-dealkylation sites (tertiary alicyclic amines) is 1. The number of likely N-dealkylation sites (N-methyl/N-ethyl adjacent to an activating group) is 1. The Kier molecular flexibility index (Phi) is 9.06. The SMILES string of the molecule is CCN(CC)C(C)CNC(=NC)N1CCC(C)(C)C1.I. The molecule has 1 unspecified atom stereocenters. The van der Waals surface area contributed by atoms with E-state index in [0.29, 0.717) is 11.5 Å². The van der Waals surface area contributed by atoms with Crippen LogP contribution in [0.1, 0.15) is 41.0 Å². The molecule has 0 amide bonds. The van der Waals surface area contributed by atoms with E-state index in [4.69, 9.17) is 0 Å². The second kappa shape index (κ2) is 9.07. The Morgan fingerprint density at radius 2 is 1.95 bits per heavy atom. The first-order chi connectivity index (χ1) is 8.93. The molecule has 0 aromatic carbocycles. The van der Waals surface area contributed by atoms with Crippen molar-refractivity contribution in [2.24, 2.45) is 10.4 Å². The Morgan fingerprint density at radius 1 is 1.35 bits per heavy atom. The minimum Gasteiger partial charge on any atom is -0.355 e. The number of guanidine groups is 1. The number of nitrogens with zero attached hydrogens (tertiary/aromatic N) is 3. The number of hydrogen-bond donors (Lipinski definition) is 1. The maximum atomic E-state index is 4.43. The summed E-state index contributed by atoms with van der Waals surface area (Å²) >= 11 is 0. The highest BCUT2D eigenvalue weighted by molar-refractivity contribution is 14.0. The molecule has 1 aliphatic rings. The summed E-state index contributed by atoms with van der Waals surface area (Å²) in [4.78, 5) is 9.28. The zero-order chi connectivity index (χ0) is 14.5. The van der Waals surface area contributed by atoms with Crippen LogP contribution in [0.25, 0.3) is 0 Å². The van der Waals surface area contributed by atoms with Gasteiger partial charge in [0.15, 0.2) is 5.96 Å². The van der Waals surface area contributed by atoms with Gasteiger partial charge < -0.3 is 10.2 Å². The summed E-state index contributed by atoms with van der Waals surface area (Å²) in [7, 11) is 1.88. The van der Waals surface area contributed by atoms with E-state index < -0.39 is 0 Å². The second-order valence-electron chi connectivity index (χ2n) is 6.33. The molecule has 0 aromatic heterocycles. The fourth-order valence-electron chi connectivity index (χ4n) is 2.84. The largest absolute Gasteiger partial charge is 0.355 e. The normalized spacial score (nSPS) is 19.9. The Balaban J connectivity index is 0.00000361. The maximum Gasteiger partial charge on any atom is 0.193 e. The number of nitrogens with one attached hydrogen (secondary N) is 1. The molecular weight excluding hydrogens is 363 g/mol. The fraction of sp³-hybridized carbons (Fsp3) is 0.933. The lowest BCUT2D eigenvalue weighted by Gasteiger charge is -2.29. The Morgan fingerprint density at radius 3 is 2.35 bits per heavy atom. The van der Waals surface area contributed by atoms with Crippen molar-refractivity contribution in [2.75, 3.05) is 39.8 Å². The average Bonchev–Trinajstić information content (AvgIpc) is 2.72. The molecule has 120 valence electrons. The minimum absolute atomic E-state index is 0. The van der Waals surface area contributed by atoms with Crippen LogP contribution in [0.2, 0.25) is 0 Å². The zero-order valence-corrected chi connectivity index (χ0v) is 16.4. The van der Waals surface area contributed by atoms with Crippen molar-refractivity contribution in [2.45, 2.75) is 47.1 Å². The van der Waals surface area contributed by atoms with Gasteiger partial charge in [-0.3, -0.25) is 9.89 Å². The first-order valence-electron chi connectivity index (χ1n) is 7.63. The molecule has 0 aliphatic carbocycles. The lowest BCUT2D eigenvalue weighted by Crippen LogP contribution is -2.47. The van der Waals surface area contributed by atoms with Crippen molar-refractivity contribution in [3.63, 3.8) is 0 Å². The molecule has 0 saturated carbocycles. The zero-order valence-electron chi connectivity index (χ0n) is 14.1. The van der Waals surface area contributed by atoms with E-state index in [9.17, 15) is 0 Å². The van der Waals surface area contributed by atoms with Crippen LogP contribution in [0.5, 0.6) is 0 Å². The third-order valence-corrected chi connectivity index (χ3v) is 4.18. The number of aliphatic imine (C=N–C) groups is 1. The highest BCUT2D eigenvalue weighted by Gasteiger charge is 2.30. The van der Waals surface area contributed by atoms with Crippen LogP contribution in [0.3, 0.4) is 0 Å². The molecule has 1 fully saturated rings. The van der Waals surface area contributed by atoms with Crippen molar-refractivity contribution >= 4 is 29.9 Å². The third kappa shape index (κ3) is 5.76. The van der Waals surface area contributed by atoms with Gasteiger partial charge >= 0.3 is 0 Å². The molecule has 1 atom stereocenters. The lowest BCUT2D eigenvalue weighted by atomic mass is 9.93. The molecular formula is C15H33IN4. The molecule has 0 spiro atoms. The smallest absolute Gasteiger partial charge is 0.193 e. The van der Waals surface area contributed by atoms with Crippen LogP contribution < -0.4 is 5.32 Å². The van der Waals surface area contributed by atoms with Gasteiger partial charge in [0.2, 0.25) is 0 Å². The van der Waals surface area contributed by atoms with Crippen molar-refractivity contribution in [1.82, 2.24) is 15.1 Å². The van der Waals surface area contributed by atoms with E-state index in [1.165, 1.54) is 6.42 Å². The summed E-state index contributed by atoms with van der Waals surface area (Å²) in [5, 5.41) is 3.53. The van der Waals surface area contributed by atoms with Crippen LogP contribution in [-0.4, -0.2) is 61.6 Å². The summed E-state index contributed by atoms with van der Waals surface area (Å²) < 4.78 is 0. The van der Waals surface area contributed by atoms with E-state index in [1.54, 1.807) is 0 Å². The Labute approximate surface area is 142 Å². The predicted molar refractivity (Wildman–Crippen MR) is 99.1 cm³/mol. The first-order valence-corrected chi connectivity index (χ1v) is 7.63. The Hall–Kier alpha value is -0.0400. The summed E-state index contributed by atoms with van der Waals surface area (Å²) in [5.41, 5.74) is 0.419. The summed E-state index contributed by atoms with van der Waals surface area (Å²) in [5.74, 6) is 1.06. The molecule has 1 aliphatic heterocycles. The standard InChI is InChI=1S/C15H32N4.HI/c1-7-18(8-2)13(3)11-17-14(16-6)19-10-9-15(4,5)12-19;/h13H,7-12H2,1-6H3,(H,16,17);1H. The summed E-state index contributed by atoms with van der Waals surface area (Å²) in [6.45, 7) is 16.8. The van der Waals surface area contributed by atoms with Gasteiger partial charge in [-0.05, 0) is 31.8 Å². The van der Waals surface area contributed by atoms with Crippen LogP contribution >= 0.6 is 24.0 Å². The van der Waals surface area contributed by atoms with Gasteiger partial charge in [-0.25, -0.2) is 0 Å². The van der Waals surface area contributed by atoms with Crippen LogP contribution in [0, 0.1) is 5.41 Å². The summed E-state index contributed by atoms with van der Waals surface area (Å²) in [6.07, 6.45) is 1.25. The van der Waals surface area contributed by atoms with Gasteiger partial charge in [0.1, 0.15) is 0 Å². The van der Waals surface area contributed by atoms with Crippen molar-refractivity contribution < 1.29 is 0 Å². The quantitative estimate of drug-likeness (QED) is 0.441. The third-order valence-electron chi connectivity index (χ3n) is 4.18. The fourth-order valence-corrected chi connectivity index (χ4v) is 2.84. The second-order valence-corrected chi connectivity index (χ2v) is 6.33. The molecule has 1 saturated heterocycles. The van der Waals surface area contributed by atoms with E-state index in [2.05, 4.69) is 54.7 Å². The molecule has 0 bridgehead atoms. The highest BCUT2D eigenvalue weighted by atomic mass is 127. The average molecular weight is 396 g/mol. The van der Waals surface area contributed by atoms with E-state index >= 15 is 0 Å². The molecule has 0 radical (unpaired) electrons. The van der Waals surface area contributed by atoms with Gasteiger partial charge in [0.25, 0.3) is 0 Å². The lowest BCUT2D eigenvalue weighted by molar-refractivity contribution is 0.230. The maximum absolute atomic E-state index is 4.43. The molecule has 1 N–H and O–H groups in total. The molecule has 0 aromatic rings. The number of hydrogen-bond acceptors (Lipinski definition) is 2. The van der Waals surface area contributed by atoms with Crippen molar-refractivity contribution in [3.05, 3.63) is 0 Å². The molecule has 1 heterocycles. The van der Waals surface area contributed by atoms with Gasteiger partial charge in [0.05, 0.1) is 0 Å². The van der Waals surface area contributed by atoms with Crippen molar-refractivity contribution in [3.8, 4) is 0 Å². The number of halogens is 1. The molecule has 4 nitrogen and oxygen atoms in total. The van der Waals surface area contributed by atoms with Gasteiger partial charge in [-0.15, -0.1) is 24.0 Å². The minimum atomic E-state index is 0. The molecule has 20 heavy (non-hydrogen) atoms.